The van der Waals surface area contributed by atoms with Crippen LogP contribution in [0, 0.1) is 6.92 Å². The van der Waals surface area contributed by atoms with Crippen LogP contribution in [0.5, 0.6) is 5.75 Å². The molecule has 12 nitrogen and oxygen atoms in total. The highest BCUT2D eigenvalue weighted by molar-refractivity contribution is 7.92. The van der Waals surface area contributed by atoms with Crippen molar-refractivity contribution >= 4 is 44.6 Å². The fraction of sp³-hybridized carbons (Fsp3) is 0.429. The number of halogens is 1. The fourth-order valence-electron chi connectivity index (χ4n) is 4.83. The lowest BCUT2D eigenvalue weighted by atomic mass is 9.83. The van der Waals surface area contributed by atoms with Gasteiger partial charge in [0.1, 0.15) is 10.8 Å². The zero-order valence-corrected chi connectivity index (χ0v) is 25.5. The van der Waals surface area contributed by atoms with Crippen molar-refractivity contribution in [3.05, 3.63) is 58.7 Å². The van der Waals surface area contributed by atoms with Gasteiger partial charge in [-0.25, -0.2) is 18.7 Å². The molecule has 0 spiro atoms. The molecule has 2 aromatic carbocycles. The number of anilines is 4. The highest BCUT2D eigenvalue weighted by Gasteiger charge is 2.45. The summed E-state index contributed by atoms with van der Waals surface area (Å²) in [6, 6.07) is 9.96. The van der Waals surface area contributed by atoms with E-state index in [4.69, 9.17) is 16.3 Å². The third-order valence-electron chi connectivity index (χ3n) is 6.69. The van der Waals surface area contributed by atoms with Gasteiger partial charge in [0.2, 0.25) is 17.8 Å². The zero-order valence-electron chi connectivity index (χ0n) is 23.9. The first kappa shape index (κ1) is 31.9. The summed E-state index contributed by atoms with van der Waals surface area (Å²) in [5.41, 5.74) is 2.16. The Kier molecular flexibility index (Phi) is 9.05. The fourth-order valence-corrected chi connectivity index (χ4v) is 6.17. The Bertz CT molecular complexity index is 1550. The summed E-state index contributed by atoms with van der Waals surface area (Å²) >= 11 is 6.38. The van der Waals surface area contributed by atoms with Crippen molar-refractivity contribution < 1.29 is 33.6 Å². The van der Waals surface area contributed by atoms with Gasteiger partial charge < -0.3 is 35.8 Å². The van der Waals surface area contributed by atoms with Gasteiger partial charge in [-0.05, 0) is 75.9 Å². The molecule has 4 rings (SSSR count). The lowest BCUT2D eigenvalue weighted by molar-refractivity contribution is -0.313. The molecule has 228 valence electrons. The van der Waals surface area contributed by atoms with E-state index < -0.39 is 32.8 Å². The van der Waals surface area contributed by atoms with Crippen LogP contribution in [-0.2, 0) is 9.84 Å². The van der Waals surface area contributed by atoms with E-state index in [9.17, 15) is 28.8 Å². The molecule has 0 aliphatic carbocycles. The van der Waals surface area contributed by atoms with Gasteiger partial charge in [-0.3, -0.25) is 0 Å². The van der Waals surface area contributed by atoms with Crippen LogP contribution in [0.15, 0.2) is 47.5 Å². The molecule has 0 amide bonds. The maximum absolute atomic E-state index is 12.9. The number of rotatable bonds is 9. The second-order valence-electron chi connectivity index (χ2n) is 11.0. The number of aryl methyl sites for hydroxylation is 1. The van der Waals surface area contributed by atoms with Gasteiger partial charge in [0.15, 0.2) is 15.7 Å². The summed E-state index contributed by atoms with van der Waals surface area (Å²) < 4.78 is 31.9. The van der Waals surface area contributed by atoms with Gasteiger partial charge in [-0.15, -0.1) is 0 Å². The molecule has 3 aromatic rings. The topological polar surface area (TPSA) is 186 Å². The smallest absolute Gasteiger partial charge is 0.229 e. The van der Waals surface area contributed by atoms with Crippen LogP contribution in [0.4, 0.5) is 23.1 Å². The van der Waals surface area contributed by atoms with Crippen molar-refractivity contribution in [2.24, 2.45) is 0 Å². The molecule has 1 aliphatic heterocycles. The average Bonchev–Trinajstić information content (AvgIpc) is 2.85. The quantitative estimate of drug-likeness (QED) is 0.172. The molecule has 0 saturated carbocycles. The molecule has 7 N–H and O–H groups in total. The van der Waals surface area contributed by atoms with E-state index in [1.807, 2.05) is 19.2 Å². The van der Waals surface area contributed by atoms with Crippen LogP contribution in [-0.4, -0.2) is 62.0 Å². The molecule has 2 heterocycles. The van der Waals surface area contributed by atoms with Crippen LogP contribution in [0.25, 0.3) is 0 Å². The molecule has 0 radical (unpaired) electrons. The van der Waals surface area contributed by atoms with Crippen molar-refractivity contribution in [1.29, 1.82) is 0 Å². The molecular weight excluding hydrogens is 586 g/mol. The third-order valence-corrected chi connectivity index (χ3v) is 9.18. The van der Waals surface area contributed by atoms with Gasteiger partial charge in [-0.1, -0.05) is 23.7 Å². The van der Waals surface area contributed by atoms with Crippen LogP contribution in [0.2, 0.25) is 5.02 Å². The molecule has 0 bridgehead atoms. The van der Waals surface area contributed by atoms with Gasteiger partial charge >= 0.3 is 0 Å². The number of ether oxygens (including phenoxy) is 1. The largest absolute Gasteiger partial charge is 0.489 e. The third kappa shape index (κ3) is 7.29. The number of hydrogen-bond acceptors (Lipinski definition) is 12. The number of aliphatic hydroxyl groups is 4. The Morgan fingerprint density at radius 1 is 1.02 bits per heavy atom. The van der Waals surface area contributed by atoms with E-state index in [0.29, 0.717) is 28.3 Å². The van der Waals surface area contributed by atoms with Gasteiger partial charge in [0, 0.05) is 12.8 Å². The average molecular weight is 622 g/mol. The normalized spacial score (nSPS) is 17.0. The number of nitrogens with one attached hydrogen (secondary N) is 3. The van der Waals surface area contributed by atoms with Crippen LogP contribution in [0.3, 0.4) is 0 Å². The summed E-state index contributed by atoms with van der Waals surface area (Å²) in [7, 11) is -3.60. The highest BCUT2D eigenvalue weighted by atomic mass is 35.5. The Morgan fingerprint density at radius 2 is 1.67 bits per heavy atom. The minimum absolute atomic E-state index is 0.116. The monoisotopic (exact) mass is 621 g/mol. The molecule has 1 aromatic heterocycles. The molecule has 42 heavy (non-hydrogen) atoms. The maximum atomic E-state index is 12.9. The first-order chi connectivity index (χ1) is 19.5. The summed E-state index contributed by atoms with van der Waals surface area (Å²) in [6.45, 7) is 8.70. The van der Waals surface area contributed by atoms with Crippen molar-refractivity contribution in [1.82, 2.24) is 15.3 Å². The maximum Gasteiger partial charge on any atom is 0.229 e. The summed E-state index contributed by atoms with van der Waals surface area (Å²) in [5, 5.41) is 48.3. The van der Waals surface area contributed by atoms with Crippen LogP contribution < -0.4 is 20.7 Å². The van der Waals surface area contributed by atoms with Gasteiger partial charge in [0.25, 0.3) is 0 Å². The molecule has 0 unspecified atom stereocenters. The van der Waals surface area contributed by atoms with E-state index in [-0.39, 0.29) is 40.6 Å². The molecule has 1 aliphatic rings. The Balaban J connectivity index is 1.68. The number of aromatic nitrogens is 2. The lowest BCUT2D eigenvalue weighted by Crippen LogP contribution is -2.63. The molecule has 0 atom stereocenters. The van der Waals surface area contributed by atoms with Crippen molar-refractivity contribution in [2.45, 2.75) is 81.4 Å². The van der Waals surface area contributed by atoms with E-state index in [2.05, 4.69) is 20.6 Å². The number of para-hydroxylation sites is 1. The van der Waals surface area contributed by atoms with Crippen molar-refractivity contribution in [3.8, 4) is 5.75 Å². The van der Waals surface area contributed by atoms with Crippen LogP contribution >= 0.6 is 11.6 Å². The summed E-state index contributed by atoms with van der Waals surface area (Å²) in [6.07, 6.45) is 0.769. The first-order valence-corrected chi connectivity index (χ1v) is 15.3. The number of piperidine rings is 1. The van der Waals surface area contributed by atoms with E-state index in [1.54, 1.807) is 51.1 Å². The van der Waals surface area contributed by atoms with Crippen LogP contribution in [0.1, 0.15) is 57.6 Å². The Hall–Kier alpha value is -3.04. The number of benzene rings is 2. The predicted octanol–water partition coefficient (Wildman–Crippen LogP) is 3.64. The SMILES string of the molecule is Cc1cc(Nc2ncc(Cl)c(Nc3ccccc3S(=O)(=O)C(C)C)n2)c(OC(C)C)cc1C1CC(O)(O)NC(O)(O)C1. The molecular formula is C28H36ClN5O7S. The second-order valence-corrected chi connectivity index (χ2v) is 13.8. The van der Waals surface area contributed by atoms with E-state index in [0.717, 1.165) is 0 Å². The number of sulfone groups is 1. The standard InChI is InChI=1S/C28H36ClN5O7S/c1-15(2)41-23-11-19(18-12-27(35,36)34-28(37,38)13-18)17(5)10-22(23)32-26-30-14-20(29)25(33-26)31-21-8-6-7-9-24(21)42(39,40)16(3)4/h6-11,14-16,18,34-38H,12-13H2,1-5H3,(H2,30,31,32,33). The highest BCUT2D eigenvalue weighted by Crippen LogP contribution is 2.41. The molecule has 14 heteroatoms. The van der Waals surface area contributed by atoms with E-state index >= 15 is 0 Å². The Morgan fingerprint density at radius 3 is 2.29 bits per heavy atom. The van der Waals surface area contributed by atoms with E-state index in [1.165, 1.54) is 12.3 Å². The van der Waals surface area contributed by atoms with Gasteiger partial charge in [-0.2, -0.15) is 4.98 Å². The summed E-state index contributed by atoms with van der Waals surface area (Å²) in [5.74, 6) is -4.87. The predicted molar refractivity (Wildman–Crippen MR) is 159 cm³/mol. The summed E-state index contributed by atoms with van der Waals surface area (Å²) in [4.78, 5) is 8.86. The first-order valence-electron chi connectivity index (χ1n) is 13.4. The van der Waals surface area contributed by atoms with Crippen molar-refractivity contribution in [3.63, 3.8) is 0 Å². The Labute approximate surface area is 249 Å². The van der Waals surface area contributed by atoms with Crippen molar-refractivity contribution in [2.75, 3.05) is 10.6 Å². The number of nitrogens with zero attached hydrogens (tertiary/aromatic N) is 2. The minimum atomic E-state index is -3.60. The van der Waals surface area contributed by atoms with Gasteiger partial charge in [0.05, 0.1) is 33.8 Å². The number of hydrogen-bond donors (Lipinski definition) is 7. The molecule has 1 saturated heterocycles. The zero-order chi connectivity index (χ0) is 31.0. The minimum Gasteiger partial charge on any atom is -0.489 e. The molecule has 1 fully saturated rings. The second kappa shape index (κ2) is 11.9. The lowest BCUT2D eigenvalue weighted by Gasteiger charge is -2.41.